The van der Waals surface area contributed by atoms with Crippen LogP contribution in [0.2, 0.25) is 0 Å². The Bertz CT molecular complexity index is 1180. The van der Waals surface area contributed by atoms with Gasteiger partial charge in [0.2, 0.25) is 11.8 Å². The highest BCUT2D eigenvalue weighted by Crippen LogP contribution is 2.57. The third-order valence-corrected chi connectivity index (χ3v) is 6.47. The number of allylic oxidation sites excluding steroid dienone is 1. The van der Waals surface area contributed by atoms with E-state index in [-0.39, 0.29) is 23.5 Å². The molecule has 0 saturated carbocycles. The summed E-state index contributed by atoms with van der Waals surface area (Å²) in [5, 5.41) is 4.06. The molecule has 3 heterocycles. The van der Waals surface area contributed by atoms with Gasteiger partial charge in [-0.25, -0.2) is 0 Å². The van der Waals surface area contributed by atoms with Gasteiger partial charge in [0, 0.05) is 34.9 Å². The minimum Gasteiger partial charge on any atom is -0.356 e. The lowest BCUT2D eigenvalue weighted by Gasteiger charge is -2.52. The van der Waals surface area contributed by atoms with Gasteiger partial charge in [0.05, 0.1) is 11.2 Å². The first-order valence-electron chi connectivity index (χ1n) is 10.3. The number of hydrogen-bond acceptors (Lipinski definition) is 3. The number of nitrogens with one attached hydrogen (secondary N) is 2. The fourth-order valence-electron chi connectivity index (χ4n) is 5.41. The second-order valence-corrected chi connectivity index (χ2v) is 9.56. The Labute approximate surface area is 175 Å². The van der Waals surface area contributed by atoms with Crippen molar-refractivity contribution in [2.75, 3.05) is 0 Å². The molecule has 30 heavy (non-hydrogen) atoms. The number of fused-ring (bicyclic) bond motifs is 4. The number of rotatable bonds is 1. The minimum atomic E-state index is -0.804. The molecule has 3 atom stereocenters. The maximum absolute atomic E-state index is 13.5. The Balaban J connectivity index is 1.83. The first-order chi connectivity index (χ1) is 14.1. The van der Waals surface area contributed by atoms with Crippen molar-refractivity contribution >= 4 is 28.5 Å². The highest BCUT2D eigenvalue weighted by atomic mass is 16.2. The summed E-state index contributed by atoms with van der Waals surface area (Å²) in [4.78, 5) is 44.3. The summed E-state index contributed by atoms with van der Waals surface area (Å²) in [6, 6.07) is 7.08. The van der Waals surface area contributed by atoms with Crippen LogP contribution in [0.3, 0.4) is 0 Å². The average molecular weight is 403 g/mol. The molecule has 2 aliphatic heterocycles. The van der Waals surface area contributed by atoms with Crippen molar-refractivity contribution in [1.82, 2.24) is 15.2 Å². The van der Waals surface area contributed by atoms with Crippen LogP contribution < -0.4 is 5.32 Å². The maximum Gasteiger partial charge on any atom is 0.249 e. The van der Waals surface area contributed by atoms with E-state index in [9.17, 15) is 14.4 Å². The van der Waals surface area contributed by atoms with Crippen molar-refractivity contribution in [3.05, 3.63) is 59.3 Å². The SMILES string of the molecule is CC1=CC(=O)N2[C@@H](C(=O)NC(C)(C)C)c3[nH]c4ccccc4c3[C@H]3CC(=O)C=C[C@]132. The number of aromatic amines is 1. The van der Waals surface area contributed by atoms with Crippen molar-refractivity contribution in [2.24, 2.45) is 0 Å². The molecule has 154 valence electrons. The number of nitrogens with zero attached hydrogens (tertiary/aromatic N) is 1. The molecule has 0 bridgehead atoms. The Kier molecular flexibility index (Phi) is 3.73. The van der Waals surface area contributed by atoms with E-state index in [1.54, 1.807) is 17.1 Å². The monoisotopic (exact) mass is 403 g/mol. The van der Waals surface area contributed by atoms with Crippen LogP contribution in [0.15, 0.2) is 48.1 Å². The van der Waals surface area contributed by atoms with Crippen molar-refractivity contribution in [2.45, 2.75) is 57.2 Å². The summed E-state index contributed by atoms with van der Waals surface area (Å²) in [7, 11) is 0. The van der Waals surface area contributed by atoms with Gasteiger partial charge in [-0.15, -0.1) is 0 Å². The summed E-state index contributed by atoms with van der Waals surface area (Å²) in [6.45, 7) is 7.69. The van der Waals surface area contributed by atoms with Crippen LogP contribution >= 0.6 is 0 Å². The molecular weight excluding hydrogens is 378 g/mol. The highest BCUT2D eigenvalue weighted by molar-refractivity contribution is 6.03. The molecule has 1 spiro atoms. The third-order valence-electron chi connectivity index (χ3n) is 6.47. The number of amides is 2. The zero-order chi connectivity index (χ0) is 21.4. The normalized spacial score (nSPS) is 27.6. The van der Waals surface area contributed by atoms with E-state index in [4.69, 9.17) is 0 Å². The van der Waals surface area contributed by atoms with E-state index >= 15 is 0 Å². The number of carbonyl (C=O) groups is 3. The third kappa shape index (κ3) is 2.39. The van der Waals surface area contributed by atoms with E-state index in [1.165, 1.54) is 0 Å². The van der Waals surface area contributed by atoms with Gasteiger partial charge in [0.15, 0.2) is 11.8 Å². The molecule has 1 aliphatic carbocycles. The predicted octanol–water partition coefficient (Wildman–Crippen LogP) is 3.28. The largest absolute Gasteiger partial charge is 0.356 e. The molecule has 6 nitrogen and oxygen atoms in total. The number of H-pyrrole nitrogens is 1. The summed E-state index contributed by atoms with van der Waals surface area (Å²) in [6.07, 6.45) is 5.31. The van der Waals surface area contributed by atoms with E-state index in [0.29, 0.717) is 12.1 Å². The van der Waals surface area contributed by atoms with Gasteiger partial charge in [-0.2, -0.15) is 0 Å². The molecule has 3 aliphatic rings. The van der Waals surface area contributed by atoms with Gasteiger partial charge in [-0.05, 0) is 51.0 Å². The zero-order valence-corrected chi connectivity index (χ0v) is 17.6. The molecule has 0 radical (unpaired) electrons. The number of benzene rings is 1. The van der Waals surface area contributed by atoms with Gasteiger partial charge in [0.25, 0.3) is 0 Å². The number of para-hydroxylation sites is 1. The Morgan fingerprint density at radius 1 is 1.23 bits per heavy atom. The van der Waals surface area contributed by atoms with E-state index in [1.807, 2.05) is 58.0 Å². The van der Waals surface area contributed by atoms with Crippen molar-refractivity contribution in [1.29, 1.82) is 0 Å². The lowest BCUT2D eigenvalue weighted by Crippen LogP contribution is -2.61. The van der Waals surface area contributed by atoms with E-state index in [2.05, 4.69) is 10.3 Å². The molecule has 2 N–H and O–H groups in total. The van der Waals surface area contributed by atoms with Gasteiger partial charge < -0.3 is 15.2 Å². The Morgan fingerprint density at radius 2 is 1.97 bits per heavy atom. The highest BCUT2D eigenvalue weighted by Gasteiger charge is 2.60. The number of hydrogen-bond donors (Lipinski definition) is 2. The average Bonchev–Trinajstić information content (AvgIpc) is 3.15. The van der Waals surface area contributed by atoms with Crippen LogP contribution in [0, 0.1) is 0 Å². The molecule has 5 rings (SSSR count). The molecule has 0 saturated heterocycles. The van der Waals surface area contributed by atoms with Crippen LogP contribution in [-0.2, 0) is 14.4 Å². The standard InChI is InChI=1S/C24H25N3O3/c1-13-11-18(29)27-21(22(30)26-23(2,3)4)20-19(15-7-5-6-8-17(15)25-20)16-12-14(28)9-10-24(13,16)27/h5-11,16,21,25H,12H2,1-4H3,(H,26,30)/t16-,21-,24+/m1/s1. The maximum atomic E-state index is 13.5. The number of aromatic nitrogens is 1. The quantitative estimate of drug-likeness (QED) is 0.767. The molecule has 6 heteroatoms. The molecule has 2 amide bonds. The number of carbonyl (C=O) groups excluding carboxylic acids is 3. The van der Waals surface area contributed by atoms with Crippen LogP contribution in [0.5, 0.6) is 0 Å². The lowest BCUT2D eigenvalue weighted by molar-refractivity contribution is -0.143. The predicted molar refractivity (Wildman–Crippen MR) is 114 cm³/mol. The van der Waals surface area contributed by atoms with Gasteiger partial charge in [-0.3, -0.25) is 14.4 Å². The van der Waals surface area contributed by atoms with Crippen LogP contribution in [0.4, 0.5) is 0 Å². The molecule has 1 aromatic carbocycles. The molecule has 0 unspecified atom stereocenters. The van der Waals surface area contributed by atoms with Crippen molar-refractivity contribution in [3.8, 4) is 0 Å². The summed E-state index contributed by atoms with van der Waals surface area (Å²) in [5.74, 6) is -0.626. The van der Waals surface area contributed by atoms with Crippen LogP contribution in [-0.4, -0.2) is 38.6 Å². The smallest absolute Gasteiger partial charge is 0.249 e. The van der Waals surface area contributed by atoms with Crippen LogP contribution in [0.25, 0.3) is 10.9 Å². The molecule has 2 aromatic rings. The van der Waals surface area contributed by atoms with Crippen molar-refractivity contribution in [3.63, 3.8) is 0 Å². The first-order valence-corrected chi connectivity index (χ1v) is 10.3. The Hall–Kier alpha value is -3.15. The second kappa shape index (κ2) is 5.94. The molecule has 0 fully saturated rings. The minimum absolute atomic E-state index is 0.0338. The lowest BCUT2D eigenvalue weighted by atomic mass is 9.65. The second-order valence-electron chi connectivity index (χ2n) is 9.56. The van der Waals surface area contributed by atoms with E-state index < -0.39 is 17.1 Å². The zero-order valence-electron chi connectivity index (χ0n) is 17.6. The fourth-order valence-corrected chi connectivity index (χ4v) is 5.41. The number of ketones is 1. The van der Waals surface area contributed by atoms with E-state index in [0.717, 1.165) is 22.0 Å². The molecule has 1 aromatic heterocycles. The summed E-state index contributed by atoms with van der Waals surface area (Å²) in [5.41, 5.74) is 2.20. The van der Waals surface area contributed by atoms with Crippen molar-refractivity contribution < 1.29 is 14.4 Å². The summed E-state index contributed by atoms with van der Waals surface area (Å²) >= 11 is 0. The fraction of sp³-hybridized carbons (Fsp3) is 0.375. The first kappa shape index (κ1) is 18.9. The van der Waals surface area contributed by atoms with Gasteiger partial charge in [0.1, 0.15) is 0 Å². The topological polar surface area (TPSA) is 82.3 Å². The van der Waals surface area contributed by atoms with Crippen LogP contribution in [0.1, 0.15) is 57.3 Å². The van der Waals surface area contributed by atoms with Gasteiger partial charge >= 0.3 is 0 Å². The molecular formula is C24H25N3O3. The summed E-state index contributed by atoms with van der Waals surface area (Å²) < 4.78 is 0. The Morgan fingerprint density at radius 3 is 2.70 bits per heavy atom. The van der Waals surface area contributed by atoms with Gasteiger partial charge in [-0.1, -0.05) is 24.3 Å².